The first-order valence-corrected chi connectivity index (χ1v) is 16.3. The third kappa shape index (κ3) is 8.84. The van der Waals surface area contributed by atoms with Gasteiger partial charge in [0, 0.05) is 31.0 Å². The van der Waals surface area contributed by atoms with Crippen molar-refractivity contribution in [2.24, 2.45) is 0 Å². The van der Waals surface area contributed by atoms with Crippen LogP contribution in [-0.4, -0.2) is 17.7 Å². The smallest absolute Gasteiger partial charge is 0.272 e. The number of carbonyl (C=O) groups excluding carboxylic acids is 3. The molecule has 1 atom stereocenters. The van der Waals surface area contributed by atoms with E-state index in [2.05, 4.69) is 38.5 Å². The molecule has 1 unspecified atom stereocenters. The molecule has 10 heteroatoms. The Morgan fingerprint density at radius 1 is 0.761 bits per heavy atom. The van der Waals surface area contributed by atoms with Gasteiger partial charge in [0.2, 0.25) is 5.91 Å². The van der Waals surface area contributed by atoms with Gasteiger partial charge in [0.15, 0.2) is 0 Å². The van der Waals surface area contributed by atoms with Gasteiger partial charge in [-0.05, 0) is 101 Å². The van der Waals surface area contributed by atoms with Crippen LogP contribution in [-0.2, 0) is 9.59 Å². The number of halogens is 3. The highest BCUT2D eigenvalue weighted by Crippen LogP contribution is 2.37. The maximum atomic E-state index is 14.7. The van der Waals surface area contributed by atoms with Crippen molar-refractivity contribution in [3.05, 3.63) is 164 Å². The van der Waals surface area contributed by atoms with E-state index in [9.17, 15) is 18.8 Å². The molecule has 0 aliphatic rings. The maximum absolute atomic E-state index is 14.7. The normalized spacial score (nSPS) is 11.8. The summed E-state index contributed by atoms with van der Waals surface area (Å²) >= 11 is 9.76. The summed E-state index contributed by atoms with van der Waals surface area (Å²) < 4.78 is 15.7. The van der Waals surface area contributed by atoms with Gasteiger partial charge in [-0.1, -0.05) is 72.3 Å². The first-order valence-electron chi connectivity index (χ1n) is 14.0. The van der Waals surface area contributed by atoms with Crippen molar-refractivity contribution in [3.8, 4) is 0 Å². The lowest BCUT2D eigenvalue weighted by Crippen LogP contribution is -2.30. The summed E-state index contributed by atoms with van der Waals surface area (Å²) in [5.74, 6) is -2.10. The topological polar surface area (TPSA) is 87.3 Å². The van der Waals surface area contributed by atoms with Crippen LogP contribution < -0.4 is 16.0 Å². The molecular formula is C36H26ClFIN3O3S. The van der Waals surface area contributed by atoms with E-state index in [1.54, 1.807) is 48.5 Å². The number of amides is 3. The predicted molar refractivity (Wildman–Crippen MR) is 191 cm³/mol. The average molecular weight is 762 g/mol. The van der Waals surface area contributed by atoms with E-state index in [0.29, 0.717) is 21.8 Å². The fourth-order valence-electron chi connectivity index (χ4n) is 4.36. The molecule has 0 saturated carbocycles. The van der Waals surface area contributed by atoms with Crippen LogP contribution in [0.4, 0.5) is 15.8 Å². The summed E-state index contributed by atoms with van der Waals surface area (Å²) in [6.07, 6.45) is 1.20. The molecule has 0 aromatic heterocycles. The number of rotatable bonds is 10. The van der Waals surface area contributed by atoms with Crippen molar-refractivity contribution in [3.63, 3.8) is 0 Å². The molecule has 230 valence electrons. The van der Waals surface area contributed by atoms with Crippen molar-refractivity contribution < 1.29 is 18.8 Å². The van der Waals surface area contributed by atoms with Crippen LogP contribution in [0, 0.1) is 9.39 Å². The fraction of sp³-hybridized carbons (Fsp3) is 0.0278. The number of hydrogen-bond donors (Lipinski definition) is 3. The summed E-state index contributed by atoms with van der Waals surface area (Å²) in [6, 6.07) is 36.4. The number of benzene rings is 5. The van der Waals surface area contributed by atoms with Crippen LogP contribution >= 0.6 is 46.0 Å². The van der Waals surface area contributed by atoms with Crippen molar-refractivity contribution in [2.45, 2.75) is 10.1 Å². The molecule has 0 aliphatic carbocycles. The first kappa shape index (κ1) is 32.9. The van der Waals surface area contributed by atoms with Crippen molar-refractivity contribution in [1.82, 2.24) is 5.32 Å². The molecule has 0 saturated heterocycles. The molecule has 0 bridgehead atoms. The van der Waals surface area contributed by atoms with Gasteiger partial charge in [0.25, 0.3) is 11.8 Å². The Balaban J connectivity index is 1.39. The maximum Gasteiger partial charge on any atom is 0.272 e. The second kappa shape index (κ2) is 15.7. The van der Waals surface area contributed by atoms with Gasteiger partial charge >= 0.3 is 0 Å². The van der Waals surface area contributed by atoms with Gasteiger partial charge in [0.05, 0.1) is 5.02 Å². The third-order valence-electron chi connectivity index (χ3n) is 6.62. The average Bonchev–Trinajstić information content (AvgIpc) is 3.06. The van der Waals surface area contributed by atoms with E-state index in [0.717, 1.165) is 9.13 Å². The minimum atomic E-state index is -0.693. The van der Waals surface area contributed by atoms with Crippen LogP contribution in [0.3, 0.4) is 0 Å². The molecule has 3 amide bonds. The van der Waals surface area contributed by atoms with Gasteiger partial charge in [-0.15, -0.1) is 11.8 Å². The molecule has 5 aromatic rings. The molecule has 6 nitrogen and oxygen atoms in total. The van der Waals surface area contributed by atoms with Gasteiger partial charge in [-0.3, -0.25) is 14.4 Å². The lowest BCUT2D eigenvalue weighted by atomic mass is 10.1. The van der Waals surface area contributed by atoms with Crippen molar-refractivity contribution >= 4 is 81.1 Å². The number of nitrogens with one attached hydrogen (secondary N) is 3. The highest BCUT2D eigenvalue weighted by Gasteiger charge is 2.23. The molecule has 0 spiro atoms. The Labute approximate surface area is 288 Å². The second-order valence-corrected chi connectivity index (χ2v) is 12.7. The SMILES string of the molecule is O=C(Nc1cccc(SC(C(=O)Nc2ccc(I)cc2)c2ccccc2)c1)/C(=C\c1c(F)cccc1Cl)NC(=O)c1ccccc1. The van der Waals surface area contributed by atoms with Crippen LogP contribution in [0.1, 0.15) is 26.7 Å². The molecule has 46 heavy (non-hydrogen) atoms. The zero-order valence-corrected chi connectivity index (χ0v) is 27.8. The van der Waals surface area contributed by atoms with E-state index < -0.39 is 22.9 Å². The first-order chi connectivity index (χ1) is 22.3. The monoisotopic (exact) mass is 761 g/mol. The van der Waals surface area contributed by atoms with Crippen molar-refractivity contribution in [2.75, 3.05) is 10.6 Å². The van der Waals surface area contributed by atoms with E-state index in [1.165, 1.54) is 36.0 Å². The Morgan fingerprint density at radius 3 is 2.13 bits per heavy atom. The highest BCUT2D eigenvalue weighted by atomic mass is 127. The Hall–Kier alpha value is -4.45. The van der Waals surface area contributed by atoms with Crippen molar-refractivity contribution in [1.29, 1.82) is 0 Å². The number of thioether (sulfide) groups is 1. The van der Waals surface area contributed by atoms with Crippen LogP contribution in [0.5, 0.6) is 0 Å². The van der Waals surface area contributed by atoms with Gasteiger partial charge in [-0.25, -0.2) is 4.39 Å². The Bertz CT molecular complexity index is 1870. The molecular weight excluding hydrogens is 736 g/mol. The van der Waals surface area contributed by atoms with Gasteiger partial charge in [-0.2, -0.15) is 0 Å². The zero-order chi connectivity index (χ0) is 32.5. The standard InChI is InChI=1S/C36H26ClFIN3O3S/c37-30-15-8-16-31(38)29(30)22-32(42-34(43)24-11-5-2-6-12-24)35(44)41-27-13-7-14-28(21-27)46-33(23-9-3-1-4-10-23)36(45)40-26-19-17-25(39)18-20-26/h1-22,33H,(H,40,45)(H,41,44)(H,42,43)/b32-22+. The summed E-state index contributed by atoms with van der Waals surface area (Å²) in [5.41, 5.74) is 1.95. The molecule has 0 radical (unpaired) electrons. The lowest BCUT2D eigenvalue weighted by molar-refractivity contribution is -0.116. The molecule has 5 aromatic carbocycles. The van der Waals surface area contributed by atoms with E-state index >= 15 is 0 Å². The summed E-state index contributed by atoms with van der Waals surface area (Å²) in [6.45, 7) is 0. The largest absolute Gasteiger partial charge is 0.325 e. The molecule has 3 N–H and O–H groups in total. The third-order valence-corrected chi connectivity index (χ3v) is 8.91. The van der Waals surface area contributed by atoms with Crippen LogP contribution in [0.25, 0.3) is 6.08 Å². The molecule has 0 aliphatic heterocycles. The molecule has 0 fully saturated rings. The quantitative estimate of drug-likeness (QED) is 0.0754. The minimum absolute atomic E-state index is 0.0446. The zero-order valence-electron chi connectivity index (χ0n) is 24.0. The van der Waals surface area contributed by atoms with E-state index in [1.807, 2.05) is 60.7 Å². The summed E-state index contributed by atoms with van der Waals surface area (Å²) in [4.78, 5) is 40.8. The van der Waals surface area contributed by atoms with E-state index in [4.69, 9.17) is 11.6 Å². The Morgan fingerprint density at radius 2 is 1.43 bits per heavy atom. The van der Waals surface area contributed by atoms with E-state index in [-0.39, 0.29) is 22.2 Å². The number of hydrogen-bond acceptors (Lipinski definition) is 4. The van der Waals surface area contributed by atoms with Gasteiger partial charge in [0.1, 0.15) is 16.8 Å². The minimum Gasteiger partial charge on any atom is -0.325 e. The predicted octanol–water partition coefficient (Wildman–Crippen LogP) is 8.97. The number of carbonyl (C=O) groups is 3. The molecule has 0 heterocycles. The molecule has 5 rings (SSSR count). The Kier molecular flexibility index (Phi) is 11.2. The number of anilines is 2. The second-order valence-electron chi connectivity index (χ2n) is 9.90. The van der Waals surface area contributed by atoms with Crippen LogP contribution in [0.2, 0.25) is 5.02 Å². The highest BCUT2D eigenvalue weighted by molar-refractivity contribution is 14.1. The lowest BCUT2D eigenvalue weighted by Gasteiger charge is -2.18. The summed E-state index contributed by atoms with van der Waals surface area (Å²) in [5, 5.41) is 7.84. The summed E-state index contributed by atoms with van der Waals surface area (Å²) in [7, 11) is 0. The van der Waals surface area contributed by atoms with Gasteiger partial charge < -0.3 is 16.0 Å². The van der Waals surface area contributed by atoms with Crippen LogP contribution in [0.15, 0.2) is 138 Å². The fourth-order valence-corrected chi connectivity index (χ4v) is 6.02.